The van der Waals surface area contributed by atoms with Crippen LogP contribution in [-0.2, 0) is 0 Å². The fourth-order valence-corrected chi connectivity index (χ4v) is 3.67. The van der Waals surface area contributed by atoms with Crippen molar-refractivity contribution < 1.29 is 9.90 Å². The van der Waals surface area contributed by atoms with Crippen LogP contribution in [0.2, 0.25) is 0 Å². The quantitative estimate of drug-likeness (QED) is 0.880. The molecule has 1 atom stereocenters. The number of nitrogens with one attached hydrogen (secondary N) is 1. The molecule has 1 saturated heterocycles. The SMILES string of the molecule is CC1CCN(CC(O)CNC(=O)c2cnc3ccsc3c2)CC1. The zero-order valence-corrected chi connectivity index (χ0v) is 14.2. The van der Waals surface area contributed by atoms with E-state index in [-0.39, 0.29) is 12.5 Å². The first-order chi connectivity index (χ1) is 11.1. The van der Waals surface area contributed by atoms with E-state index in [2.05, 4.69) is 22.1 Å². The summed E-state index contributed by atoms with van der Waals surface area (Å²) in [6, 6.07) is 3.78. The van der Waals surface area contributed by atoms with E-state index in [1.807, 2.05) is 17.5 Å². The zero-order chi connectivity index (χ0) is 16.2. The molecule has 2 N–H and O–H groups in total. The van der Waals surface area contributed by atoms with Crippen molar-refractivity contribution in [3.63, 3.8) is 0 Å². The maximum absolute atomic E-state index is 12.2. The van der Waals surface area contributed by atoms with Crippen molar-refractivity contribution in [1.29, 1.82) is 0 Å². The maximum Gasteiger partial charge on any atom is 0.252 e. The van der Waals surface area contributed by atoms with Crippen LogP contribution in [0.15, 0.2) is 23.7 Å². The first kappa shape index (κ1) is 16.4. The van der Waals surface area contributed by atoms with E-state index < -0.39 is 6.10 Å². The molecule has 6 heteroatoms. The van der Waals surface area contributed by atoms with Crippen molar-refractivity contribution in [2.24, 2.45) is 5.92 Å². The molecule has 2 aromatic rings. The van der Waals surface area contributed by atoms with E-state index >= 15 is 0 Å². The Hall–Kier alpha value is -1.50. The normalized spacial score (nSPS) is 18.2. The number of fused-ring (bicyclic) bond motifs is 1. The second kappa shape index (κ2) is 7.38. The van der Waals surface area contributed by atoms with Gasteiger partial charge in [-0.3, -0.25) is 9.78 Å². The van der Waals surface area contributed by atoms with Crippen LogP contribution in [0.1, 0.15) is 30.1 Å². The standard InChI is InChI=1S/C17H23N3O2S/c1-12-2-5-20(6-3-12)11-14(21)10-19-17(22)13-8-16-15(18-9-13)4-7-23-16/h4,7-9,12,14,21H,2-3,5-6,10-11H2,1H3,(H,19,22). The fraction of sp³-hybridized carbons (Fsp3) is 0.529. The molecule has 2 aromatic heterocycles. The fourth-order valence-electron chi connectivity index (χ4n) is 2.89. The number of hydrogen-bond acceptors (Lipinski definition) is 5. The average Bonchev–Trinajstić information content (AvgIpc) is 3.02. The average molecular weight is 333 g/mol. The topological polar surface area (TPSA) is 65.5 Å². The van der Waals surface area contributed by atoms with Crippen molar-refractivity contribution in [1.82, 2.24) is 15.2 Å². The van der Waals surface area contributed by atoms with Gasteiger partial charge in [0, 0.05) is 19.3 Å². The van der Waals surface area contributed by atoms with E-state index in [0.717, 1.165) is 29.2 Å². The summed E-state index contributed by atoms with van der Waals surface area (Å²) in [5.41, 5.74) is 1.45. The number of likely N-dealkylation sites (tertiary alicyclic amines) is 1. The molecule has 3 rings (SSSR count). The van der Waals surface area contributed by atoms with Crippen molar-refractivity contribution in [2.45, 2.75) is 25.9 Å². The van der Waals surface area contributed by atoms with E-state index in [0.29, 0.717) is 12.1 Å². The molecule has 23 heavy (non-hydrogen) atoms. The molecular weight excluding hydrogens is 310 g/mol. The van der Waals surface area contributed by atoms with Crippen LogP contribution in [0.4, 0.5) is 0 Å². The summed E-state index contributed by atoms with van der Waals surface area (Å²) in [4.78, 5) is 18.7. The van der Waals surface area contributed by atoms with Crippen molar-refractivity contribution in [3.05, 3.63) is 29.3 Å². The third-order valence-electron chi connectivity index (χ3n) is 4.41. The van der Waals surface area contributed by atoms with Gasteiger partial charge in [0.2, 0.25) is 0 Å². The molecule has 0 radical (unpaired) electrons. The summed E-state index contributed by atoms with van der Waals surface area (Å²) in [5.74, 6) is 0.599. The molecular formula is C17H23N3O2S. The second-order valence-electron chi connectivity index (χ2n) is 6.37. The van der Waals surface area contributed by atoms with Gasteiger partial charge >= 0.3 is 0 Å². The molecule has 3 heterocycles. The molecule has 0 aromatic carbocycles. The Morgan fingerprint density at radius 3 is 3.09 bits per heavy atom. The van der Waals surface area contributed by atoms with E-state index in [1.165, 1.54) is 12.8 Å². The van der Waals surface area contributed by atoms with Gasteiger partial charge in [-0.15, -0.1) is 11.3 Å². The first-order valence-corrected chi connectivity index (χ1v) is 9.01. The Morgan fingerprint density at radius 1 is 1.52 bits per heavy atom. The number of piperidine rings is 1. The molecule has 0 bridgehead atoms. The number of aliphatic hydroxyl groups is 1. The number of nitrogens with zero attached hydrogens (tertiary/aromatic N) is 2. The molecule has 5 nitrogen and oxygen atoms in total. The summed E-state index contributed by atoms with van der Waals surface area (Å²) in [7, 11) is 0. The zero-order valence-electron chi connectivity index (χ0n) is 13.4. The molecule has 0 aliphatic carbocycles. The van der Waals surface area contributed by atoms with Crippen LogP contribution in [0, 0.1) is 5.92 Å². The van der Waals surface area contributed by atoms with Crippen molar-refractivity contribution in [3.8, 4) is 0 Å². The monoisotopic (exact) mass is 333 g/mol. The predicted octanol–water partition coefficient (Wildman–Crippen LogP) is 2.12. The van der Waals surface area contributed by atoms with Gasteiger partial charge in [0.05, 0.1) is 21.9 Å². The number of hydrogen-bond donors (Lipinski definition) is 2. The largest absolute Gasteiger partial charge is 0.390 e. The molecule has 1 aliphatic rings. The third-order valence-corrected chi connectivity index (χ3v) is 5.26. The number of carbonyl (C=O) groups excluding carboxylic acids is 1. The Morgan fingerprint density at radius 2 is 2.30 bits per heavy atom. The Bertz CT molecular complexity index is 665. The van der Waals surface area contributed by atoms with Gasteiger partial charge in [-0.1, -0.05) is 6.92 Å². The number of thiophene rings is 1. The number of aliphatic hydroxyl groups excluding tert-OH is 1. The lowest BCUT2D eigenvalue weighted by Crippen LogP contribution is -2.43. The molecule has 1 aliphatic heterocycles. The second-order valence-corrected chi connectivity index (χ2v) is 7.32. The minimum Gasteiger partial charge on any atom is -0.390 e. The Balaban J connectivity index is 1.48. The van der Waals surface area contributed by atoms with Crippen LogP contribution in [0.3, 0.4) is 0 Å². The number of amides is 1. The number of aromatic nitrogens is 1. The molecule has 1 unspecified atom stereocenters. The maximum atomic E-state index is 12.2. The lowest BCUT2D eigenvalue weighted by molar-refractivity contribution is 0.0795. The Labute approximate surface area is 140 Å². The number of carbonyl (C=O) groups is 1. The lowest BCUT2D eigenvalue weighted by Gasteiger charge is -2.31. The number of pyridine rings is 1. The van der Waals surface area contributed by atoms with E-state index in [4.69, 9.17) is 0 Å². The summed E-state index contributed by atoms with van der Waals surface area (Å²) in [5, 5.41) is 14.9. The van der Waals surface area contributed by atoms with Crippen LogP contribution < -0.4 is 5.32 Å². The summed E-state index contributed by atoms with van der Waals surface area (Å²) in [6.07, 6.45) is 3.42. The number of rotatable bonds is 5. The van der Waals surface area contributed by atoms with Crippen LogP contribution in [0.25, 0.3) is 10.2 Å². The van der Waals surface area contributed by atoms with Gasteiger partial charge in [0.25, 0.3) is 5.91 Å². The summed E-state index contributed by atoms with van der Waals surface area (Å²) >= 11 is 1.57. The van der Waals surface area contributed by atoms with Crippen LogP contribution >= 0.6 is 11.3 Å². The van der Waals surface area contributed by atoms with Crippen LogP contribution in [0.5, 0.6) is 0 Å². The van der Waals surface area contributed by atoms with Gasteiger partial charge in [0.1, 0.15) is 0 Å². The molecule has 1 fully saturated rings. The summed E-state index contributed by atoms with van der Waals surface area (Å²) in [6.45, 7) is 5.23. The van der Waals surface area contributed by atoms with E-state index in [9.17, 15) is 9.90 Å². The predicted molar refractivity (Wildman–Crippen MR) is 92.8 cm³/mol. The van der Waals surface area contributed by atoms with Gasteiger partial charge in [0.15, 0.2) is 0 Å². The molecule has 1 amide bonds. The molecule has 0 saturated carbocycles. The highest BCUT2D eigenvalue weighted by Gasteiger charge is 2.18. The minimum atomic E-state index is -0.536. The summed E-state index contributed by atoms with van der Waals surface area (Å²) < 4.78 is 1.00. The van der Waals surface area contributed by atoms with Crippen molar-refractivity contribution in [2.75, 3.05) is 26.2 Å². The molecule has 124 valence electrons. The lowest BCUT2D eigenvalue weighted by atomic mass is 9.99. The highest BCUT2D eigenvalue weighted by Crippen LogP contribution is 2.19. The number of β-amino-alcohol motifs (C(OH)–C–C–N with tert-alkyl or cyclic N) is 1. The Kier molecular flexibility index (Phi) is 5.25. The van der Waals surface area contributed by atoms with Gasteiger partial charge in [-0.05, 0) is 49.4 Å². The van der Waals surface area contributed by atoms with E-state index in [1.54, 1.807) is 17.5 Å². The van der Waals surface area contributed by atoms with Crippen molar-refractivity contribution >= 4 is 27.5 Å². The third kappa shape index (κ3) is 4.28. The smallest absolute Gasteiger partial charge is 0.252 e. The highest BCUT2D eigenvalue weighted by atomic mass is 32.1. The minimum absolute atomic E-state index is 0.181. The van der Waals surface area contributed by atoms with Gasteiger partial charge < -0.3 is 15.3 Å². The van der Waals surface area contributed by atoms with Gasteiger partial charge in [-0.2, -0.15) is 0 Å². The first-order valence-electron chi connectivity index (χ1n) is 8.13. The highest BCUT2D eigenvalue weighted by molar-refractivity contribution is 7.17. The molecule has 0 spiro atoms. The van der Waals surface area contributed by atoms with Crippen LogP contribution in [-0.4, -0.2) is 53.2 Å². The van der Waals surface area contributed by atoms with Gasteiger partial charge in [-0.25, -0.2) is 0 Å².